The van der Waals surface area contributed by atoms with Gasteiger partial charge < -0.3 is 15.2 Å². The summed E-state index contributed by atoms with van der Waals surface area (Å²) < 4.78 is 5.26. The molecule has 1 unspecified atom stereocenters. The van der Waals surface area contributed by atoms with Crippen LogP contribution in [0.25, 0.3) is 0 Å². The monoisotopic (exact) mass is 173 g/mol. The zero-order chi connectivity index (χ0) is 8.81. The van der Waals surface area contributed by atoms with Gasteiger partial charge in [-0.25, -0.2) is 0 Å². The predicted molar refractivity (Wildman–Crippen MR) is 48.1 cm³/mol. The van der Waals surface area contributed by atoms with Crippen molar-refractivity contribution in [2.45, 2.75) is 25.8 Å². The molecule has 1 saturated heterocycles. The van der Waals surface area contributed by atoms with E-state index in [1.54, 1.807) is 0 Å². The lowest BCUT2D eigenvalue weighted by Crippen LogP contribution is -2.35. The molecule has 1 fully saturated rings. The van der Waals surface area contributed by atoms with Crippen LogP contribution >= 0.6 is 0 Å². The summed E-state index contributed by atoms with van der Waals surface area (Å²) in [4.78, 5) is 0. The molecule has 72 valence electrons. The Hall–Kier alpha value is -0.120. The normalized spacial score (nSPS) is 22.5. The summed E-state index contributed by atoms with van der Waals surface area (Å²) in [6.07, 6.45) is 2.32. The van der Waals surface area contributed by atoms with Crippen LogP contribution < -0.4 is 5.32 Å². The number of ether oxygens (including phenoxy) is 1. The second-order valence-electron chi connectivity index (χ2n) is 3.55. The number of hydrogen-bond donors (Lipinski definition) is 2. The van der Waals surface area contributed by atoms with Crippen LogP contribution in [0.15, 0.2) is 0 Å². The highest BCUT2D eigenvalue weighted by Gasteiger charge is 2.13. The highest BCUT2D eigenvalue weighted by atomic mass is 16.5. The van der Waals surface area contributed by atoms with E-state index in [1.807, 2.05) is 6.92 Å². The van der Waals surface area contributed by atoms with Crippen molar-refractivity contribution < 1.29 is 9.84 Å². The lowest BCUT2D eigenvalue weighted by atomic mass is 10.0. The van der Waals surface area contributed by atoms with Crippen molar-refractivity contribution in [2.24, 2.45) is 5.92 Å². The molecule has 0 aromatic carbocycles. The second-order valence-corrected chi connectivity index (χ2v) is 3.55. The summed E-state index contributed by atoms with van der Waals surface area (Å²) in [5.41, 5.74) is 0. The molecular weight excluding hydrogens is 154 g/mol. The number of aliphatic hydroxyl groups is 1. The van der Waals surface area contributed by atoms with E-state index in [0.29, 0.717) is 0 Å². The Morgan fingerprint density at radius 2 is 2.17 bits per heavy atom. The highest BCUT2D eigenvalue weighted by Crippen LogP contribution is 2.13. The zero-order valence-electron chi connectivity index (χ0n) is 7.75. The molecule has 0 aliphatic carbocycles. The summed E-state index contributed by atoms with van der Waals surface area (Å²) in [6.45, 7) is 5.05. The lowest BCUT2D eigenvalue weighted by molar-refractivity contribution is 0.0648. The first-order valence-electron chi connectivity index (χ1n) is 4.75. The Morgan fingerprint density at radius 3 is 2.75 bits per heavy atom. The first-order valence-corrected chi connectivity index (χ1v) is 4.75. The summed E-state index contributed by atoms with van der Waals surface area (Å²) in [6, 6.07) is 0.229. The van der Waals surface area contributed by atoms with E-state index >= 15 is 0 Å². The van der Waals surface area contributed by atoms with Crippen molar-refractivity contribution in [3.8, 4) is 0 Å². The third kappa shape index (κ3) is 3.52. The van der Waals surface area contributed by atoms with Crippen molar-refractivity contribution in [1.29, 1.82) is 0 Å². The van der Waals surface area contributed by atoms with Crippen LogP contribution in [0.1, 0.15) is 19.8 Å². The number of aliphatic hydroxyl groups excluding tert-OH is 1. The summed E-state index contributed by atoms with van der Waals surface area (Å²) in [5.74, 6) is 0.743. The van der Waals surface area contributed by atoms with E-state index in [1.165, 1.54) is 0 Å². The summed E-state index contributed by atoms with van der Waals surface area (Å²) in [7, 11) is 0. The van der Waals surface area contributed by atoms with Gasteiger partial charge in [0, 0.05) is 19.3 Å². The van der Waals surface area contributed by atoms with Gasteiger partial charge in [-0.05, 0) is 32.2 Å². The Labute approximate surface area is 74.1 Å². The number of hydrogen-bond acceptors (Lipinski definition) is 3. The van der Waals surface area contributed by atoms with Crippen LogP contribution in [0.2, 0.25) is 0 Å². The summed E-state index contributed by atoms with van der Waals surface area (Å²) in [5, 5.41) is 12.1. The fraction of sp³-hybridized carbons (Fsp3) is 1.00. The minimum atomic E-state index is 0.225. The fourth-order valence-electron chi connectivity index (χ4n) is 1.38. The minimum Gasteiger partial charge on any atom is -0.395 e. The van der Waals surface area contributed by atoms with Gasteiger partial charge in [-0.1, -0.05) is 0 Å². The Bertz CT molecular complexity index is 113. The molecule has 3 nitrogen and oxygen atoms in total. The van der Waals surface area contributed by atoms with E-state index in [4.69, 9.17) is 9.84 Å². The van der Waals surface area contributed by atoms with E-state index in [-0.39, 0.29) is 12.6 Å². The van der Waals surface area contributed by atoms with Gasteiger partial charge in [-0.2, -0.15) is 0 Å². The maximum atomic E-state index is 8.78. The van der Waals surface area contributed by atoms with Gasteiger partial charge in [-0.15, -0.1) is 0 Å². The number of nitrogens with one attached hydrogen (secondary N) is 1. The third-order valence-electron chi connectivity index (χ3n) is 2.37. The highest BCUT2D eigenvalue weighted by molar-refractivity contribution is 4.68. The average Bonchev–Trinajstić information content (AvgIpc) is 2.16. The minimum absolute atomic E-state index is 0.225. The van der Waals surface area contributed by atoms with Crippen LogP contribution in [0.4, 0.5) is 0 Å². The topological polar surface area (TPSA) is 41.5 Å². The predicted octanol–water partition coefficient (Wildman–Crippen LogP) is 0.383. The van der Waals surface area contributed by atoms with E-state index in [2.05, 4.69) is 5.32 Å². The molecule has 0 amide bonds. The van der Waals surface area contributed by atoms with Crippen LogP contribution in [0.3, 0.4) is 0 Å². The molecule has 0 aromatic rings. The quantitative estimate of drug-likeness (QED) is 0.646. The zero-order valence-corrected chi connectivity index (χ0v) is 7.75. The van der Waals surface area contributed by atoms with Gasteiger partial charge in [0.25, 0.3) is 0 Å². The van der Waals surface area contributed by atoms with Gasteiger partial charge in [0.2, 0.25) is 0 Å². The van der Waals surface area contributed by atoms with Crippen molar-refractivity contribution >= 4 is 0 Å². The van der Waals surface area contributed by atoms with Gasteiger partial charge in [0.05, 0.1) is 6.61 Å². The van der Waals surface area contributed by atoms with Gasteiger partial charge in [0.1, 0.15) is 0 Å². The first kappa shape index (κ1) is 9.96. The Kier molecular flexibility index (Phi) is 4.58. The maximum absolute atomic E-state index is 8.78. The lowest BCUT2D eigenvalue weighted by Gasteiger charge is -2.23. The SMILES string of the molecule is CC(CO)NCC1CCOCC1. The molecule has 1 aliphatic rings. The molecule has 0 bridgehead atoms. The van der Waals surface area contributed by atoms with Gasteiger partial charge in [0.15, 0.2) is 0 Å². The largest absolute Gasteiger partial charge is 0.395 e. The van der Waals surface area contributed by atoms with Crippen molar-refractivity contribution in [3.05, 3.63) is 0 Å². The first-order chi connectivity index (χ1) is 5.83. The molecular formula is C9H19NO2. The smallest absolute Gasteiger partial charge is 0.0581 e. The molecule has 12 heavy (non-hydrogen) atoms. The van der Waals surface area contributed by atoms with Gasteiger partial charge in [-0.3, -0.25) is 0 Å². The van der Waals surface area contributed by atoms with E-state index in [0.717, 1.165) is 38.5 Å². The van der Waals surface area contributed by atoms with Crippen LogP contribution in [0.5, 0.6) is 0 Å². The molecule has 0 spiro atoms. The standard InChI is InChI=1S/C9H19NO2/c1-8(7-11)10-6-9-2-4-12-5-3-9/h8-11H,2-7H2,1H3. The second kappa shape index (κ2) is 5.51. The van der Waals surface area contributed by atoms with E-state index < -0.39 is 0 Å². The van der Waals surface area contributed by atoms with Crippen molar-refractivity contribution in [2.75, 3.05) is 26.4 Å². The van der Waals surface area contributed by atoms with Crippen LogP contribution in [-0.2, 0) is 4.74 Å². The Balaban J connectivity index is 2.05. The van der Waals surface area contributed by atoms with Crippen molar-refractivity contribution in [3.63, 3.8) is 0 Å². The number of rotatable bonds is 4. The molecule has 0 saturated carbocycles. The molecule has 2 N–H and O–H groups in total. The van der Waals surface area contributed by atoms with Crippen LogP contribution in [0, 0.1) is 5.92 Å². The molecule has 0 aromatic heterocycles. The third-order valence-corrected chi connectivity index (χ3v) is 2.37. The molecule has 1 aliphatic heterocycles. The maximum Gasteiger partial charge on any atom is 0.0581 e. The molecule has 3 heteroatoms. The van der Waals surface area contributed by atoms with E-state index in [9.17, 15) is 0 Å². The Morgan fingerprint density at radius 1 is 1.50 bits per heavy atom. The van der Waals surface area contributed by atoms with Crippen molar-refractivity contribution in [1.82, 2.24) is 5.32 Å². The van der Waals surface area contributed by atoms with Crippen LogP contribution in [-0.4, -0.2) is 37.5 Å². The molecule has 1 atom stereocenters. The average molecular weight is 173 g/mol. The molecule has 1 heterocycles. The van der Waals surface area contributed by atoms with Gasteiger partial charge >= 0.3 is 0 Å². The fourth-order valence-corrected chi connectivity index (χ4v) is 1.38. The summed E-state index contributed by atoms with van der Waals surface area (Å²) >= 11 is 0. The molecule has 0 radical (unpaired) electrons. The molecule has 1 rings (SSSR count).